The SMILES string of the molecule is Cc1cc(C(=O)NC2CCOC(c3cncn3C)C2)cc(C)c1F. The molecule has 0 spiro atoms. The number of rotatable bonds is 3. The van der Waals surface area contributed by atoms with Crippen LogP contribution >= 0.6 is 0 Å². The summed E-state index contributed by atoms with van der Waals surface area (Å²) in [5, 5.41) is 3.05. The molecule has 1 saturated heterocycles. The first kappa shape index (κ1) is 16.6. The van der Waals surface area contributed by atoms with Crippen LogP contribution in [0.3, 0.4) is 0 Å². The summed E-state index contributed by atoms with van der Waals surface area (Å²) < 4.78 is 21.5. The quantitative estimate of drug-likeness (QED) is 0.941. The van der Waals surface area contributed by atoms with E-state index in [0.29, 0.717) is 29.7 Å². The molecule has 1 aliphatic heterocycles. The molecule has 5 nitrogen and oxygen atoms in total. The molecule has 24 heavy (non-hydrogen) atoms. The predicted octanol–water partition coefficient (Wildman–Crippen LogP) is 2.83. The lowest BCUT2D eigenvalue weighted by Gasteiger charge is -2.30. The fourth-order valence-electron chi connectivity index (χ4n) is 3.16. The van der Waals surface area contributed by atoms with E-state index in [9.17, 15) is 9.18 Å². The van der Waals surface area contributed by atoms with Gasteiger partial charge in [0.15, 0.2) is 0 Å². The van der Waals surface area contributed by atoms with Gasteiger partial charge in [-0.2, -0.15) is 0 Å². The molecular weight excluding hydrogens is 309 g/mol. The van der Waals surface area contributed by atoms with Crippen molar-refractivity contribution in [2.24, 2.45) is 7.05 Å². The Kier molecular flexibility index (Phi) is 4.66. The predicted molar refractivity (Wildman–Crippen MR) is 88.3 cm³/mol. The number of aryl methyl sites for hydroxylation is 3. The largest absolute Gasteiger partial charge is 0.372 e. The Balaban J connectivity index is 1.69. The van der Waals surface area contributed by atoms with Gasteiger partial charge in [-0.3, -0.25) is 4.79 Å². The molecule has 2 heterocycles. The number of hydrogen-bond donors (Lipinski definition) is 1. The summed E-state index contributed by atoms with van der Waals surface area (Å²) in [5.41, 5.74) is 2.47. The molecule has 0 radical (unpaired) electrons. The zero-order chi connectivity index (χ0) is 17.3. The highest BCUT2D eigenvalue weighted by atomic mass is 19.1. The van der Waals surface area contributed by atoms with Gasteiger partial charge < -0.3 is 14.6 Å². The Morgan fingerprint density at radius 3 is 2.71 bits per heavy atom. The van der Waals surface area contributed by atoms with E-state index >= 15 is 0 Å². The normalized spacial score (nSPS) is 20.8. The van der Waals surface area contributed by atoms with Crippen molar-refractivity contribution < 1.29 is 13.9 Å². The standard InChI is InChI=1S/C18H22FN3O2/c1-11-6-13(7-12(2)17(11)19)18(23)21-14-4-5-24-16(8-14)15-9-20-10-22(15)3/h6-7,9-10,14,16H,4-5,8H2,1-3H3,(H,21,23). The maximum absolute atomic E-state index is 13.7. The van der Waals surface area contributed by atoms with Crippen LogP contribution in [0, 0.1) is 19.7 Å². The van der Waals surface area contributed by atoms with Gasteiger partial charge in [0.25, 0.3) is 5.91 Å². The molecule has 0 bridgehead atoms. The highest BCUT2D eigenvalue weighted by Crippen LogP contribution is 2.27. The minimum atomic E-state index is -0.256. The van der Waals surface area contributed by atoms with E-state index in [1.54, 1.807) is 38.5 Å². The smallest absolute Gasteiger partial charge is 0.251 e. The van der Waals surface area contributed by atoms with Crippen molar-refractivity contribution >= 4 is 5.91 Å². The molecule has 128 valence electrons. The van der Waals surface area contributed by atoms with Crippen LogP contribution in [0.5, 0.6) is 0 Å². The number of nitrogens with zero attached hydrogens (tertiary/aromatic N) is 2. The van der Waals surface area contributed by atoms with Crippen LogP contribution in [0.25, 0.3) is 0 Å². The third kappa shape index (κ3) is 3.33. The third-order valence-corrected chi connectivity index (χ3v) is 4.50. The van der Waals surface area contributed by atoms with Gasteiger partial charge in [0.1, 0.15) is 11.9 Å². The first-order valence-corrected chi connectivity index (χ1v) is 8.11. The summed E-state index contributed by atoms with van der Waals surface area (Å²) in [5.74, 6) is -0.425. The fourth-order valence-corrected chi connectivity index (χ4v) is 3.16. The lowest BCUT2D eigenvalue weighted by atomic mass is 10.00. The van der Waals surface area contributed by atoms with Crippen molar-refractivity contribution in [2.75, 3.05) is 6.61 Å². The summed E-state index contributed by atoms with van der Waals surface area (Å²) in [6, 6.07) is 3.21. The first-order chi connectivity index (χ1) is 11.5. The molecule has 1 aromatic carbocycles. The number of benzene rings is 1. The van der Waals surface area contributed by atoms with Crippen molar-refractivity contribution in [3.8, 4) is 0 Å². The average molecular weight is 331 g/mol. The number of aromatic nitrogens is 2. The second kappa shape index (κ2) is 6.73. The van der Waals surface area contributed by atoms with E-state index in [0.717, 1.165) is 12.1 Å². The van der Waals surface area contributed by atoms with Gasteiger partial charge in [0, 0.05) is 25.3 Å². The second-order valence-electron chi connectivity index (χ2n) is 6.41. The van der Waals surface area contributed by atoms with Crippen molar-refractivity contribution in [3.05, 3.63) is 52.9 Å². The molecule has 0 aliphatic carbocycles. The minimum absolute atomic E-state index is 0.0248. The Morgan fingerprint density at radius 2 is 2.08 bits per heavy atom. The molecular formula is C18H22FN3O2. The number of halogens is 1. The molecule has 2 unspecified atom stereocenters. The number of carbonyl (C=O) groups is 1. The van der Waals surface area contributed by atoms with Crippen LogP contribution in [0.15, 0.2) is 24.7 Å². The molecule has 2 atom stereocenters. The molecule has 2 aromatic rings. The van der Waals surface area contributed by atoms with Gasteiger partial charge in [-0.15, -0.1) is 0 Å². The van der Waals surface area contributed by atoms with Gasteiger partial charge in [-0.05, 0) is 49.9 Å². The average Bonchev–Trinajstić information content (AvgIpc) is 2.98. The minimum Gasteiger partial charge on any atom is -0.372 e. The zero-order valence-electron chi connectivity index (χ0n) is 14.2. The van der Waals surface area contributed by atoms with Gasteiger partial charge in [0.05, 0.1) is 18.2 Å². The molecule has 1 fully saturated rings. The lowest BCUT2D eigenvalue weighted by molar-refractivity contribution is -0.00301. The summed E-state index contributed by atoms with van der Waals surface area (Å²) in [4.78, 5) is 16.6. The van der Waals surface area contributed by atoms with Crippen LogP contribution in [0.1, 0.15) is 46.1 Å². The monoisotopic (exact) mass is 331 g/mol. The number of amides is 1. The maximum atomic E-state index is 13.7. The van der Waals surface area contributed by atoms with E-state index in [-0.39, 0.29) is 23.9 Å². The number of nitrogens with one attached hydrogen (secondary N) is 1. The van der Waals surface area contributed by atoms with E-state index in [4.69, 9.17) is 4.74 Å². The Labute approximate surface area is 140 Å². The highest BCUT2D eigenvalue weighted by molar-refractivity contribution is 5.94. The third-order valence-electron chi connectivity index (χ3n) is 4.50. The van der Waals surface area contributed by atoms with Gasteiger partial charge >= 0.3 is 0 Å². The summed E-state index contributed by atoms with van der Waals surface area (Å²) in [6.07, 6.45) is 4.92. The molecule has 1 aromatic heterocycles. The van der Waals surface area contributed by atoms with Gasteiger partial charge in [-0.25, -0.2) is 9.37 Å². The van der Waals surface area contributed by atoms with Crippen LogP contribution in [0.2, 0.25) is 0 Å². The van der Waals surface area contributed by atoms with E-state index in [1.165, 1.54) is 0 Å². The number of carbonyl (C=O) groups excluding carboxylic acids is 1. The Bertz CT molecular complexity index is 733. The molecule has 1 N–H and O–H groups in total. The lowest BCUT2D eigenvalue weighted by Crippen LogP contribution is -2.40. The van der Waals surface area contributed by atoms with Crippen LogP contribution in [0.4, 0.5) is 4.39 Å². The van der Waals surface area contributed by atoms with E-state index in [1.807, 2.05) is 11.6 Å². The molecule has 6 heteroatoms. The van der Waals surface area contributed by atoms with Crippen LogP contribution < -0.4 is 5.32 Å². The molecule has 3 rings (SSSR count). The second-order valence-corrected chi connectivity index (χ2v) is 6.41. The Morgan fingerprint density at radius 1 is 1.38 bits per heavy atom. The van der Waals surface area contributed by atoms with Gasteiger partial charge in [-0.1, -0.05) is 0 Å². The summed E-state index contributed by atoms with van der Waals surface area (Å²) in [6.45, 7) is 3.93. The van der Waals surface area contributed by atoms with E-state index in [2.05, 4.69) is 10.3 Å². The topological polar surface area (TPSA) is 56.1 Å². The summed E-state index contributed by atoms with van der Waals surface area (Å²) >= 11 is 0. The van der Waals surface area contributed by atoms with Gasteiger partial charge in [0.2, 0.25) is 0 Å². The number of ether oxygens (including phenoxy) is 1. The Hall–Kier alpha value is -2.21. The molecule has 1 aliphatic rings. The van der Waals surface area contributed by atoms with Crippen molar-refractivity contribution in [1.82, 2.24) is 14.9 Å². The number of hydrogen-bond acceptors (Lipinski definition) is 3. The van der Waals surface area contributed by atoms with Crippen molar-refractivity contribution in [3.63, 3.8) is 0 Å². The first-order valence-electron chi connectivity index (χ1n) is 8.11. The van der Waals surface area contributed by atoms with Crippen molar-refractivity contribution in [2.45, 2.75) is 38.8 Å². The van der Waals surface area contributed by atoms with E-state index < -0.39 is 0 Å². The van der Waals surface area contributed by atoms with Crippen LogP contribution in [-0.2, 0) is 11.8 Å². The van der Waals surface area contributed by atoms with Crippen molar-refractivity contribution in [1.29, 1.82) is 0 Å². The molecule has 0 saturated carbocycles. The maximum Gasteiger partial charge on any atom is 0.251 e. The fraction of sp³-hybridized carbons (Fsp3) is 0.444. The molecule has 1 amide bonds. The summed E-state index contributed by atoms with van der Waals surface area (Å²) in [7, 11) is 1.93. The number of imidazole rings is 1. The zero-order valence-corrected chi connectivity index (χ0v) is 14.2. The van der Waals surface area contributed by atoms with Crippen LogP contribution in [-0.4, -0.2) is 28.1 Å². The highest BCUT2D eigenvalue weighted by Gasteiger charge is 2.27.